The Balaban J connectivity index is 1.77. The highest BCUT2D eigenvalue weighted by atomic mass is 79.9. The SMILES string of the molecule is Clc1nc(COc2ccccc2)nc(C2CC2)c1Br. The molecule has 0 radical (unpaired) electrons. The lowest BCUT2D eigenvalue weighted by molar-refractivity contribution is 0.295. The molecule has 3 nitrogen and oxygen atoms in total. The minimum Gasteiger partial charge on any atom is -0.486 e. The van der Waals surface area contributed by atoms with E-state index in [9.17, 15) is 0 Å². The Kier molecular flexibility index (Phi) is 3.71. The molecule has 0 aliphatic heterocycles. The van der Waals surface area contributed by atoms with Crippen LogP contribution in [0.25, 0.3) is 0 Å². The number of rotatable bonds is 4. The number of para-hydroxylation sites is 1. The lowest BCUT2D eigenvalue weighted by Gasteiger charge is -2.08. The van der Waals surface area contributed by atoms with Crippen LogP contribution in [0.2, 0.25) is 5.15 Å². The molecule has 1 aliphatic rings. The second-order valence-corrected chi connectivity index (χ2v) is 5.66. The minimum atomic E-state index is 0.330. The summed E-state index contributed by atoms with van der Waals surface area (Å²) in [5.41, 5.74) is 1.01. The van der Waals surface area contributed by atoms with Gasteiger partial charge in [0, 0.05) is 5.92 Å². The van der Waals surface area contributed by atoms with E-state index in [1.807, 2.05) is 30.3 Å². The van der Waals surface area contributed by atoms with Gasteiger partial charge in [-0.1, -0.05) is 29.8 Å². The first kappa shape index (κ1) is 12.9. The molecule has 2 aromatic rings. The predicted molar refractivity (Wildman–Crippen MR) is 77.5 cm³/mol. The standard InChI is InChI=1S/C14H12BrClN2O/c15-12-13(9-6-7-9)17-11(18-14(12)16)8-19-10-4-2-1-3-5-10/h1-5,9H,6-8H2. The predicted octanol–water partition coefficient (Wildman–Crippen LogP) is 4.35. The first-order chi connectivity index (χ1) is 9.24. The zero-order valence-corrected chi connectivity index (χ0v) is 12.5. The summed E-state index contributed by atoms with van der Waals surface area (Å²) in [5.74, 6) is 1.95. The van der Waals surface area contributed by atoms with Crippen molar-refractivity contribution in [2.75, 3.05) is 0 Å². The van der Waals surface area contributed by atoms with Crippen molar-refractivity contribution in [1.82, 2.24) is 9.97 Å². The lowest BCUT2D eigenvalue weighted by atomic mass is 10.3. The van der Waals surface area contributed by atoms with E-state index in [-0.39, 0.29) is 0 Å². The van der Waals surface area contributed by atoms with Crippen molar-refractivity contribution in [3.8, 4) is 5.75 Å². The zero-order chi connectivity index (χ0) is 13.2. The monoisotopic (exact) mass is 338 g/mol. The molecule has 0 N–H and O–H groups in total. The fourth-order valence-electron chi connectivity index (χ4n) is 1.84. The van der Waals surface area contributed by atoms with Gasteiger partial charge < -0.3 is 4.74 Å². The van der Waals surface area contributed by atoms with E-state index >= 15 is 0 Å². The smallest absolute Gasteiger partial charge is 0.168 e. The van der Waals surface area contributed by atoms with Gasteiger partial charge in [0.1, 0.15) is 17.5 Å². The third kappa shape index (κ3) is 3.07. The summed E-state index contributed by atoms with van der Waals surface area (Å²) < 4.78 is 6.46. The Morgan fingerprint density at radius 2 is 1.95 bits per heavy atom. The van der Waals surface area contributed by atoms with Gasteiger partial charge in [0.15, 0.2) is 5.82 Å². The van der Waals surface area contributed by atoms with Crippen molar-refractivity contribution in [3.63, 3.8) is 0 Å². The van der Waals surface area contributed by atoms with Gasteiger partial charge in [0.25, 0.3) is 0 Å². The van der Waals surface area contributed by atoms with Crippen LogP contribution in [0.4, 0.5) is 0 Å². The highest BCUT2D eigenvalue weighted by Crippen LogP contribution is 2.43. The van der Waals surface area contributed by atoms with Crippen molar-refractivity contribution < 1.29 is 4.74 Å². The van der Waals surface area contributed by atoms with Crippen molar-refractivity contribution in [1.29, 1.82) is 0 Å². The van der Waals surface area contributed by atoms with E-state index in [2.05, 4.69) is 25.9 Å². The fourth-order valence-corrected chi connectivity index (χ4v) is 2.53. The number of nitrogens with zero attached hydrogens (tertiary/aromatic N) is 2. The van der Waals surface area contributed by atoms with Gasteiger partial charge in [-0.25, -0.2) is 9.97 Å². The zero-order valence-electron chi connectivity index (χ0n) is 10.1. The van der Waals surface area contributed by atoms with Gasteiger partial charge >= 0.3 is 0 Å². The third-order valence-electron chi connectivity index (χ3n) is 2.96. The molecule has 1 aromatic carbocycles. The number of ether oxygens (including phenoxy) is 1. The lowest BCUT2D eigenvalue weighted by Crippen LogP contribution is -2.05. The molecule has 1 saturated carbocycles. The van der Waals surface area contributed by atoms with E-state index < -0.39 is 0 Å². The summed E-state index contributed by atoms with van der Waals surface area (Å²) in [4.78, 5) is 8.78. The van der Waals surface area contributed by atoms with Gasteiger partial charge in [0.05, 0.1) is 10.2 Å². The molecule has 0 spiro atoms. The average Bonchev–Trinajstić information content (AvgIpc) is 3.25. The van der Waals surface area contributed by atoms with Crippen LogP contribution in [0.3, 0.4) is 0 Å². The minimum absolute atomic E-state index is 0.330. The third-order valence-corrected chi connectivity index (χ3v) is 4.24. The van der Waals surface area contributed by atoms with Gasteiger partial charge in [-0.05, 0) is 40.9 Å². The summed E-state index contributed by atoms with van der Waals surface area (Å²) in [6.07, 6.45) is 2.34. The van der Waals surface area contributed by atoms with Crippen molar-refractivity contribution in [2.45, 2.75) is 25.4 Å². The molecule has 19 heavy (non-hydrogen) atoms. The molecule has 1 fully saturated rings. The van der Waals surface area contributed by atoms with Gasteiger partial charge in [-0.15, -0.1) is 0 Å². The normalized spacial score (nSPS) is 14.4. The molecule has 0 bridgehead atoms. The highest BCUT2D eigenvalue weighted by Gasteiger charge is 2.29. The Hall–Kier alpha value is -1.13. The summed E-state index contributed by atoms with van der Waals surface area (Å²) in [6.45, 7) is 0.330. The Morgan fingerprint density at radius 1 is 1.21 bits per heavy atom. The van der Waals surface area contributed by atoms with E-state index in [0.717, 1.165) is 15.9 Å². The first-order valence-corrected chi connectivity index (χ1v) is 7.31. The van der Waals surface area contributed by atoms with Crippen molar-refractivity contribution in [3.05, 3.63) is 51.5 Å². The second kappa shape index (κ2) is 5.47. The van der Waals surface area contributed by atoms with Crippen molar-refractivity contribution in [2.24, 2.45) is 0 Å². The van der Waals surface area contributed by atoms with Crippen LogP contribution in [-0.4, -0.2) is 9.97 Å². The van der Waals surface area contributed by atoms with Gasteiger partial charge in [0.2, 0.25) is 0 Å². The van der Waals surface area contributed by atoms with Crippen LogP contribution in [-0.2, 0) is 6.61 Å². The number of hydrogen-bond acceptors (Lipinski definition) is 3. The summed E-state index contributed by atoms with van der Waals surface area (Å²) in [5, 5.41) is 0.462. The molecule has 1 aliphatic carbocycles. The number of hydrogen-bond donors (Lipinski definition) is 0. The van der Waals surface area contributed by atoms with E-state index in [0.29, 0.717) is 23.5 Å². The van der Waals surface area contributed by atoms with E-state index in [1.54, 1.807) is 0 Å². The summed E-state index contributed by atoms with van der Waals surface area (Å²) in [7, 11) is 0. The number of aromatic nitrogens is 2. The fraction of sp³-hybridized carbons (Fsp3) is 0.286. The topological polar surface area (TPSA) is 35.0 Å². The highest BCUT2D eigenvalue weighted by molar-refractivity contribution is 9.10. The molecule has 98 valence electrons. The molecular weight excluding hydrogens is 328 g/mol. The molecule has 0 unspecified atom stereocenters. The first-order valence-electron chi connectivity index (χ1n) is 6.13. The Labute approximate surface area is 125 Å². The summed E-state index contributed by atoms with van der Waals surface area (Å²) >= 11 is 9.57. The maximum atomic E-state index is 6.12. The molecule has 1 heterocycles. The van der Waals surface area contributed by atoms with Crippen LogP contribution >= 0.6 is 27.5 Å². The maximum absolute atomic E-state index is 6.12. The van der Waals surface area contributed by atoms with Crippen LogP contribution in [0.15, 0.2) is 34.8 Å². The Morgan fingerprint density at radius 3 is 2.63 bits per heavy atom. The van der Waals surface area contributed by atoms with Crippen LogP contribution in [0, 0.1) is 0 Å². The molecular formula is C14H12BrClN2O. The quantitative estimate of drug-likeness (QED) is 0.777. The molecule has 0 saturated heterocycles. The van der Waals surface area contributed by atoms with Crippen LogP contribution < -0.4 is 4.74 Å². The molecule has 0 amide bonds. The number of halogens is 2. The Bertz CT molecular complexity index is 587. The largest absolute Gasteiger partial charge is 0.486 e. The van der Waals surface area contributed by atoms with E-state index in [4.69, 9.17) is 16.3 Å². The van der Waals surface area contributed by atoms with Crippen LogP contribution in [0.1, 0.15) is 30.3 Å². The molecule has 3 rings (SSSR count). The maximum Gasteiger partial charge on any atom is 0.168 e. The summed E-state index contributed by atoms with van der Waals surface area (Å²) in [6, 6.07) is 9.62. The molecule has 5 heteroatoms. The molecule has 1 aromatic heterocycles. The van der Waals surface area contributed by atoms with Crippen molar-refractivity contribution >= 4 is 27.5 Å². The molecule has 0 atom stereocenters. The average molecular weight is 340 g/mol. The van der Waals surface area contributed by atoms with Gasteiger partial charge in [-0.2, -0.15) is 0 Å². The van der Waals surface area contributed by atoms with Gasteiger partial charge in [-0.3, -0.25) is 0 Å². The van der Waals surface area contributed by atoms with E-state index in [1.165, 1.54) is 12.8 Å². The van der Waals surface area contributed by atoms with Crippen LogP contribution in [0.5, 0.6) is 5.75 Å². The second-order valence-electron chi connectivity index (χ2n) is 4.51. The number of benzene rings is 1.